The van der Waals surface area contributed by atoms with Gasteiger partial charge < -0.3 is 15.4 Å². The summed E-state index contributed by atoms with van der Waals surface area (Å²) < 4.78 is 6.48. The number of benzene rings is 1. The quantitative estimate of drug-likeness (QED) is 0.821. The summed E-state index contributed by atoms with van der Waals surface area (Å²) in [5, 5.41) is 9.62. The van der Waals surface area contributed by atoms with Crippen molar-refractivity contribution in [2.75, 3.05) is 13.1 Å². The molecule has 2 heterocycles. The molecule has 6 heteroatoms. The van der Waals surface area contributed by atoms with Gasteiger partial charge in [0.2, 0.25) is 5.88 Å². The van der Waals surface area contributed by atoms with Crippen LogP contribution in [0.5, 0.6) is 0 Å². The highest BCUT2D eigenvalue weighted by atomic mass is 79.9. The Morgan fingerprint density at radius 2 is 1.92 bits per heavy atom. The van der Waals surface area contributed by atoms with Gasteiger partial charge in [-0.25, -0.2) is 0 Å². The van der Waals surface area contributed by atoms with Crippen molar-refractivity contribution < 1.29 is 9.53 Å². The zero-order valence-corrected chi connectivity index (χ0v) is 15.7. The van der Waals surface area contributed by atoms with Crippen LogP contribution in [0, 0.1) is 11.3 Å². The number of ether oxygens (including phenoxy) is 1. The molecule has 0 aliphatic carbocycles. The van der Waals surface area contributed by atoms with Gasteiger partial charge in [0.1, 0.15) is 17.4 Å². The van der Waals surface area contributed by atoms with Gasteiger partial charge in [0, 0.05) is 17.6 Å². The lowest BCUT2D eigenvalue weighted by Crippen LogP contribution is -2.39. The molecule has 1 aromatic carbocycles. The molecule has 25 heavy (non-hydrogen) atoms. The van der Waals surface area contributed by atoms with Crippen LogP contribution in [0.4, 0.5) is 0 Å². The first-order valence-electron chi connectivity index (χ1n) is 8.36. The molecule has 3 rings (SSSR count). The summed E-state index contributed by atoms with van der Waals surface area (Å²) in [4.78, 5) is 15.0. The Bertz CT molecular complexity index is 784. The van der Waals surface area contributed by atoms with Gasteiger partial charge >= 0.3 is 0 Å². The third-order valence-corrected chi connectivity index (χ3v) is 5.21. The van der Waals surface area contributed by atoms with E-state index >= 15 is 0 Å². The zero-order chi connectivity index (χ0) is 18.0. The number of nitrogens with two attached hydrogens (primary N) is 1. The molecular weight excluding hydrogens is 382 g/mol. The van der Waals surface area contributed by atoms with E-state index in [2.05, 4.69) is 22.0 Å². The first-order chi connectivity index (χ1) is 12.0. The Balaban J connectivity index is 2.06. The van der Waals surface area contributed by atoms with E-state index in [0.29, 0.717) is 11.3 Å². The van der Waals surface area contributed by atoms with Crippen molar-refractivity contribution in [1.29, 1.82) is 5.26 Å². The van der Waals surface area contributed by atoms with Gasteiger partial charge in [0.05, 0.1) is 11.5 Å². The number of rotatable bonds is 2. The van der Waals surface area contributed by atoms with Crippen LogP contribution in [-0.2, 0) is 9.53 Å². The number of carbonyl (C=O) groups excluding carboxylic acids is 1. The van der Waals surface area contributed by atoms with Crippen LogP contribution in [0.15, 0.2) is 51.5 Å². The van der Waals surface area contributed by atoms with Crippen molar-refractivity contribution in [3.63, 3.8) is 0 Å². The molecule has 130 valence electrons. The van der Waals surface area contributed by atoms with Gasteiger partial charge in [0.25, 0.3) is 5.91 Å². The van der Waals surface area contributed by atoms with E-state index in [9.17, 15) is 10.1 Å². The predicted octanol–water partition coefficient (Wildman–Crippen LogP) is 3.54. The van der Waals surface area contributed by atoms with E-state index in [4.69, 9.17) is 10.5 Å². The van der Waals surface area contributed by atoms with Gasteiger partial charge in [-0.1, -0.05) is 28.1 Å². The average Bonchev–Trinajstić information content (AvgIpc) is 2.62. The van der Waals surface area contributed by atoms with Gasteiger partial charge in [-0.2, -0.15) is 5.26 Å². The van der Waals surface area contributed by atoms with E-state index in [1.165, 1.54) is 0 Å². The molecule has 1 atom stereocenters. The zero-order valence-electron chi connectivity index (χ0n) is 14.1. The van der Waals surface area contributed by atoms with Gasteiger partial charge in [-0.05, 0) is 43.9 Å². The molecule has 2 aliphatic rings. The molecule has 1 unspecified atom stereocenters. The number of hydrogen-bond donors (Lipinski definition) is 1. The fraction of sp³-hybridized carbons (Fsp3) is 0.368. The number of halogens is 1. The van der Waals surface area contributed by atoms with Crippen LogP contribution in [0.2, 0.25) is 0 Å². The number of likely N-dealkylation sites (tertiary alicyclic amines) is 1. The van der Waals surface area contributed by atoms with Crippen molar-refractivity contribution in [3.8, 4) is 6.07 Å². The summed E-state index contributed by atoms with van der Waals surface area (Å²) in [6.07, 6.45) is 3.15. The standard InChI is InChI=1S/C19H20BrN3O2/c1-12-16(19(24)23-9-3-2-4-10-23)17(15(11-21)18(22)25-12)13-5-7-14(20)8-6-13/h5-8,17H,2-4,9-10,22H2,1H3. The van der Waals surface area contributed by atoms with Crippen molar-refractivity contribution in [1.82, 2.24) is 4.90 Å². The van der Waals surface area contributed by atoms with Crippen LogP contribution in [0.25, 0.3) is 0 Å². The maximum atomic E-state index is 13.2. The number of amides is 1. The number of hydrogen-bond acceptors (Lipinski definition) is 4. The van der Waals surface area contributed by atoms with Crippen LogP contribution in [-0.4, -0.2) is 23.9 Å². The third kappa shape index (κ3) is 3.42. The lowest BCUT2D eigenvalue weighted by Gasteiger charge is -2.33. The van der Waals surface area contributed by atoms with Crippen molar-refractivity contribution in [2.24, 2.45) is 5.73 Å². The third-order valence-electron chi connectivity index (χ3n) is 4.68. The van der Waals surface area contributed by atoms with Crippen molar-refractivity contribution in [2.45, 2.75) is 32.1 Å². The predicted molar refractivity (Wildman–Crippen MR) is 97.9 cm³/mol. The lowest BCUT2D eigenvalue weighted by molar-refractivity contribution is -0.128. The monoisotopic (exact) mass is 401 g/mol. The molecule has 0 radical (unpaired) electrons. The Kier molecular flexibility index (Phi) is 5.14. The average molecular weight is 402 g/mol. The summed E-state index contributed by atoms with van der Waals surface area (Å²) in [7, 11) is 0. The second-order valence-electron chi connectivity index (χ2n) is 6.30. The van der Waals surface area contributed by atoms with Crippen LogP contribution < -0.4 is 5.73 Å². The molecule has 2 aliphatic heterocycles. The number of nitriles is 1. The van der Waals surface area contributed by atoms with E-state index in [1.54, 1.807) is 6.92 Å². The molecule has 1 saturated heterocycles. The SMILES string of the molecule is CC1=C(C(=O)N2CCCCC2)C(c2ccc(Br)cc2)C(C#N)=C(N)O1. The Labute approximate surface area is 155 Å². The van der Waals surface area contributed by atoms with E-state index < -0.39 is 5.92 Å². The second-order valence-corrected chi connectivity index (χ2v) is 7.21. The van der Waals surface area contributed by atoms with Crippen molar-refractivity contribution in [3.05, 3.63) is 57.1 Å². The highest BCUT2D eigenvalue weighted by Crippen LogP contribution is 2.40. The maximum absolute atomic E-state index is 13.2. The number of allylic oxidation sites excluding steroid dienone is 2. The molecule has 5 nitrogen and oxygen atoms in total. The smallest absolute Gasteiger partial charge is 0.254 e. The topological polar surface area (TPSA) is 79.4 Å². The molecule has 2 N–H and O–H groups in total. The first-order valence-corrected chi connectivity index (χ1v) is 9.15. The van der Waals surface area contributed by atoms with E-state index in [-0.39, 0.29) is 17.4 Å². The molecule has 0 saturated carbocycles. The molecule has 0 aromatic heterocycles. The first kappa shape index (κ1) is 17.6. The molecule has 1 fully saturated rings. The van der Waals surface area contributed by atoms with Crippen LogP contribution in [0.3, 0.4) is 0 Å². The Morgan fingerprint density at radius 3 is 2.52 bits per heavy atom. The second kappa shape index (κ2) is 7.32. The summed E-state index contributed by atoms with van der Waals surface area (Å²) in [6.45, 7) is 3.22. The lowest BCUT2D eigenvalue weighted by atomic mass is 9.82. The highest BCUT2D eigenvalue weighted by molar-refractivity contribution is 9.10. The fourth-order valence-corrected chi connectivity index (χ4v) is 3.68. The minimum absolute atomic E-state index is 0.0645. The fourth-order valence-electron chi connectivity index (χ4n) is 3.41. The molecular formula is C19H20BrN3O2. The molecule has 0 bridgehead atoms. The van der Waals surface area contributed by atoms with E-state index in [1.807, 2.05) is 29.2 Å². The maximum Gasteiger partial charge on any atom is 0.254 e. The number of carbonyl (C=O) groups is 1. The Hall–Kier alpha value is -2.26. The molecule has 1 amide bonds. The van der Waals surface area contributed by atoms with Gasteiger partial charge in [0.15, 0.2) is 0 Å². The highest BCUT2D eigenvalue weighted by Gasteiger charge is 2.37. The summed E-state index contributed by atoms with van der Waals surface area (Å²) >= 11 is 3.42. The molecule has 0 spiro atoms. The molecule has 1 aromatic rings. The van der Waals surface area contributed by atoms with Crippen LogP contribution in [0.1, 0.15) is 37.7 Å². The minimum atomic E-state index is -0.499. The van der Waals surface area contributed by atoms with Crippen molar-refractivity contribution >= 4 is 21.8 Å². The number of nitrogens with zero attached hydrogens (tertiary/aromatic N) is 2. The van der Waals surface area contributed by atoms with Crippen LogP contribution >= 0.6 is 15.9 Å². The van der Waals surface area contributed by atoms with Gasteiger partial charge in [-0.15, -0.1) is 0 Å². The summed E-state index contributed by atoms with van der Waals surface area (Å²) in [6, 6.07) is 9.74. The minimum Gasteiger partial charge on any atom is -0.445 e. The summed E-state index contributed by atoms with van der Waals surface area (Å²) in [5.41, 5.74) is 7.59. The van der Waals surface area contributed by atoms with E-state index in [0.717, 1.165) is 42.4 Å². The Morgan fingerprint density at radius 1 is 1.28 bits per heavy atom. The van der Waals surface area contributed by atoms with Gasteiger partial charge in [-0.3, -0.25) is 4.79 Å². The largest absolute Gasteiger partial charge is 0.445 e. The summed E-state index contributed by atoms with van der Waals surface area (Å²) in [5.74, 6) is -0.0187. The normalized spacial score (nSPS) is 21.0. The number of piperidine rings is 1.